The molecule has 0 aromatic heterocycles. The molecular formula is C19H28N2O2. The van der Waals surface area contributed by atoms with E-state index >= 15 is 0 Å². The Hall–Kier alpha value is -1.39. The lowest BCUT2D eigenvalue weighted by atomic mass is 9.94. The van der Waals surface area contributed by atoms with Gasteiger partial charge in [0.1, 0.15) is 6.10 Å². The molecule has 2 aliphatic heterocycles. The van der Waals surface area contributed by atoms with Gasteiger partial charge in [0.2, 0.25) is 5.91 Å². The largest absolute Gasteiger partial charge is 0.370 e. The van der Waals surface area contributed by atoms with E-state index in [1.807, 2.05) is 0 Å². The third-order valence-electron chi connectivity index (χ3n) is 5.19. The van der Waals surface area contributed by atoms with Crippen LogP contribution in [0.4, 0.5) is 0 Å². The predicted octanol–water partition coefficient (Wildman–Crippen LogP) is 2.59. The minimum Gasteiger partial charge on any atom is -0.370 e. The lowest BCUT2D eigenvalue weighted by Crippen LogP contribution is -2.51. The standard InChI is InChI=1S/C19H28N2O2/c1-13-4-5-14(2)17(10-13)18-11-21(15(3)12-23-18)19(22)16-6-8-20-9-7-16/h4-5,10,15-16,18,20H,6-9,11-12H2,1-3H3/t15-,18-/m1/s1. The topological polar surface area (TPSA) is 41.6 Å². The fourth-order valence-corrected chi connectivity index (χ4v) is 3.66. The summed E-state index contributed by atoms with van der Waals surface area (Å²) in [5.74, 6) is 0.494. The molecule has 23 heavy (non-hydrogen) atoms. The molecule has 126 valence electrons. The van der Waals surface area contributed by atoms with Crippen molar-refractivity contribution in [3.63, 3.8) is 0 Å². The number of carbonyl (C=O) groups is 1. The van der Waals surface area contributed by atoms with Crippen molar-refractivity contribution in [1.82, 2.24) is 10.2 Å². The quantitative estimate of drug-likeness (QED) is 0.912. The molecule has 0 aliphatic carbocycles. The Balaban J connectivity index is 1.76. The third kappa shape index (κ3) is 3.59. The van der Waals surface area contributed by atoms with Gasteiger partial charge in [-0.3, -0.25) is 4.79 Å². The Morgan fingerprint density at radius 2 is 2.00 bits per heavy atom. The second-order valence-electron chi connectivity index (χ2n) is 7.05. The maximum absolute atomic E-state index is 12.9. The van der Waals surface area contributed by atoms with E-state index in [0.29, 0.717) is 19.1 Å². The fourth-order valence-electron chi connectivity index (χ4n) is 3.66. The van der Waals surface area contributed by atoms with E-state index in [-0.39, 0.29) is 18.1 Å². The van der Waals surface area contributed by atoms with Crippen molar-refractivity contribution in [3.8, 4) is 0 Å². The normalized spacial score (nSPS) is 26.3. The van der Waals surface area contributed by atoms with Crippen molar-refractivity contribution in [2.75, 3.05) is 26.2 Å². The zero-order valence-electron chi connectivity index (χ0n) is 14.5. The zero-order chi connectivity index (χ0) is 16.4. The molecule has 1 N–H and O–H groups in total. The molecule has 2 saturated heterocycles. The van der Waals surface area contributed by atoms with Crippen LogP contribution in [0, 0.1) is 19.8 Å². The van der Waals surface area contributed by atoms with Crippen LogP contribution in [0.25, 0.3) is 0 Å². The summed E-state index contributed by atoms with van der Waals surface area (Å²) in [6.07, 6.45) is 1.91. The van der Waals surface area contributed by atoms with Crippen molar-refractivity contribution in [2.45, 2.75) is 45.8 Å². The summed E-state index contributed by atoms with van der Waals surface area (Å²) in [6.45, 7) is 9.52. The summed E-state index contributed by atoms with van der Waals surface area (Å²) in [4.78, 5) is 15.0. The number of hydrogen-bond donors (Lipinski definition) is 1. The van der Waals surface area contributed by atoms with E-state index < -0.39 is 0 Å². The minimum absolute atomic E-state index is 0.00299. The van der Waals surface area contributed by atoms with Crippen LogP contribution >= 0.6 is 0 Å². The monoisotopic (exact) mass is 316 g/mol. The first-order valence-corrected chi connectivity index (χ1v) is 8.76. The van der Waals surface area contributed by atoms with Gasteiger partial charge < -0.3 is 15.0 Å². The van der Waals surface area contributed by atoms with Gasteiger partial charge in [-0.15, -0.1) is 0 Å². The second kappa shape index (κ2) is 7.02. The SMILES string of the molecule is Cc1ccc(C)c([C@H]2CN(C(=O)C3CCNCC3)[C@H](C)CO2)c1. The lowest BCUT2D eigenvalue weighted by Gasteiger charge is -2.41. The van der Waals surface area contributed by atoms with Gasteiger partial charge >= 0.3 is 0 Å². The van der Waals surface area contributed by atoms with Gasteiger partial charge in [-0.25, -0.2) is 0 Å². The number of carbonyl (C=O) groups excluding carboxylic acids is 1. The number of nitrogens with one attached hydrogen (secondary N) is 1. The number of benzene rings is 1. The van der Waals surface area contributed by atoms with E-state index in [4.69, 9.17) is 4.74 Å². The van der Waals surface area contributed by atoms with E-state index in [1.54, 1.807) is 0 Å². The molecule has 2 aliphatic rings. The third-order valence-corrected chi connectivity index (χ3v) is 5.19. The van der Waals surface area contributed by atoms with Gasteiger partial charge in [0.25, 0.3) is 0 Å². The fraction of sp³-hybridized carbons (Fsp3) is 0.632. The number of morpholine rings is 1. The molecule has 4 nitrogen and oxygen atoms in total. The van der Waals surface area contributed by atoms with Gasteiger partial charge in [0.05, 0.1) is 19.2 Å². The summed E-state index contributed by atoms with van der Waals surface area (Å²) in [5, 5.41) is 3.34. The first-order valence-electron chi connectivity index (χ1n) is 8.76. The Morgan fingerprint density at radius 1 is 1.26 bits per heavy atom. The van der Waals surface area contributed by atoms with Gasteiger partial charge in [0.15, 0.2) is 0 Å². The number of ether oxygens (including phenoxy) is 1. The maximum atomic E-state index is 12.9. The Kier molecular flexibility index (Phi) is 5.02. The summed E-state index contributed by atoms with van der Waals surface area (Å²) >= 11 is 0. The Bertz CT molecular complexity index is 566. The Labute approximate surface area is 139 Å². The number of piperidine rings is 1. The molecule has 0 unspecified atom stereocenters. The molecule has 0 radical (unpaired) electrons. The molecule has 4 heteroatoms. The molecule has 0 saturated carbocycles. The number of amides is 1. The summed E-state index contributed by atoms with van der Waals surface area (Å²) < 4.78 is 6.07. The van der Waals surface area contributed by atoms with E-state index in [0.717, 1.165) is 25.9 Å². The molecule has 1 amide bonds. The molecule has 0 spiro atoms. The summed E-state index contributed by atoms with van der Waals surface area (Å²) in [5.41, 5.74) is 3.70. The number of aryl methyl sites for hydroxylation is 2. The smallest absolute Gasteiger partial charge is 0.226 e. The number of rotatable bonds is 2. The number of nitrogens with zero attached hydrogens (tertiary/aromatic N) is 1. The minimum atomic E-state index is -0.00299. The zero-order valence-corrected chi connectivity index (χ0v) is 14.5. The van der Waals surface area contributed by atoms with E-state index in [1.165, 1.54) is 16.7 Å². The molecule has 1 aromatic rings. The van der Waals surface area contributed by atoms with Crippen LogP contribution in [0.2, 0.25) is 0 Å². The predicted molar refractivity (Wildman–Crippen MR) is 91.4 cm³/mol. The van der Waals surface area contributed by atoms with Crippen LogP contribution < -0.4 is 5.32 Å². The van der Waals surface area contributed by atoms with Gasteiger partial charge in [-0.05, 0) is 57.8 Å². The van der Waals surface area contributed by atoms with Gasteiger partial charge in [-0.2, -0.15) is 0 Å². The van der Waals surface area contributed by atoms with Crippen LogP contribution in [0.15, 0.2) is 18.2 Å². The summed E-state index contributed by atoms with van der Waals surface area (Å²) in [6, 6.07) is 6.63. The van der Waals surface area contributed by atoms with Crippen molar-refractivity contribution in [2.24, 2.45) is 5.92 Å². The van der Waals surface area contributed by atoms with E-state index in [9.17, 15) is 4.79 Å². The highest BCUT2D eigenvalue weighted by molar-refractivity contribution is 5.79. The lowest BCUT2D eigenvalue weighted by molar-refractivity contribution is -0.149. The first kappa shape index (κ1) is 16.5. The van der Waals surface area contributed by atoms with Crippen molar-refractivity contribution < 1.29 is 9.53 Å². The average molecular weight is 316 g/mol. The van der Waals surface area contributed by atoms with E-state index in [2.05, 4.69) is 49.2 Å². The Morgan fingerprint density at radius 3 is 2.74 bits per heavy atom. The molecule has 2 heterocycles. The highest BCUT2D eigenvalue weighted by atomic mass is 16.5. The molecule has 3 rings (SSSR count). The van der Waals surface area contributed by atoms with Crippen LogP contribution in [0.1, 0.15) is 42.6 Å². The number of hydrogen-bond acceptors (Lipinski definition) is 3. The van der Waals surface area contributed by atoms with Crippen molar-refractivity contribution >= 4 is 5.91 Å². The van der Waals surface area contributed by atoms with Crippen LogP contribution in [0.5, 0.6) is 0 Å². The van der Waals surface area contributed by atoms with Crippen LogP contribution in [-0.4, -0.2) is 43.1 Å². The highest BCUT2D eigenvalue weighted by Crippen LogP contribution is 2.29. The average Bonchev–Trinajstić information content (AvgIpc) is 2.58. The highest BCUT2D eigenvalue weighted by Gasteiger charge is 2.34. The van der Waals surface area contributed by atoms with Gasteiger partial charge in [-0.1, -0.05) is 23.8 Å². The maximum Gasteiger partial charge on any atom is 0.226 e. The van der Waals surface area contributed by atoms with Crippen molar-refractivity contribution in [3.05, 3.63) is 34.9 Å². The molecule has 2 fully saturated rings. The molecule has 0 bridgehead atoms. The van der Waals surface area contributed by atoms with Crippen LogP contribution in [0.3, 0.4) is 0 Å². The first-order chi connectivity index (χ1) is 11.1. The molecule has 2 atom stereocenters. The van der Waals surface area contributed by atoms with Crippen LogP contribution in [-0.2, 0) is 9.53 Å². The molecule has 1 aromatic carbocycles. The molecular weight excluding hydrogens is 288 g/mol. The van der Waals surface area contributed by atoms with Gasteiger partial charge in [0, 0.05) is 5.92 Å². The summed E-state index contributed by atoms with van der Waals surface area (Å²) in [7, 11) is 0. The second-order valence-corrected chi connectivity index (χ2v) is 7.05. The van der Waals surface area contributed by atoms with Crippen molar-refractivity contribution in [1.29, 1.82) is 0 Å².